The predicted molar refractivity (Wildman–Crippen MR) is 83.3 cm³/mol. The van der Waals surface area contributed by atoms with Crippen LogP contribution in [0.4, 0.5) is 13.2 Å². The van der Waals surface area contributed by atoms with Crippen LogP contribution in [-0.4, -0.2) is 37.7 Å². The standard InChI is InChI=1S/C14H18F3N3O3.ClH/c15-14(16,17)9-23-8-11-3-1-10(2-4-11)6-19-13(22)7-20-12(21)5-18;/h1-4H,5-9,18H2,(H,19,22)(H,20,21);1H. The van der Waals surface area contributed by atoms with Crippen LogP contribution in [0.2, 0.25) is 0 Å². The summed E-state index contributed by atoms with van der Waals surface area (Å²) in [7, 11) is 0. The molecule has 4 N–H and O–H groups in total. The number of carbonyl (C=O) groups excluding carboxylic acids is 2. The molecule has 6 nitrogen and oxygen atoms in total. The maximum absolute atomic E-state index is 11.9. The van der Waals surface area contributed by atoms with Crippen LogP contribution in [0.1, 0.15) is 11.1 Å². The van der Waals surface area contributed by atoms with Crippen molar-refractivity contribution in [2.24, 2.45) is 5.73 Å². The van der Waals surface area contributed by atoms with E-state index in [1.807, 2.05) is 0 Å². The van der Waals surface area contributed by atoms with Crippen molar-refractivity contribution >= 4 is 24.2 Å². The second kappa shape index (κ2) is 10.8. The minimum Gasteiger partial charge on any atom is -0.367 e. The average Bonchev–Trinajstić information content (AvgIpc) is 2.50. The number of hydrogen-bond donors (Lipinski definition) is 3. The smallest absolute Gasteiger partial charge is 0.367 e. The van der Waals surface area contributed by atoms with E-state index >= 15 is 0 Å². The summed E-state index contributed by atoms with van der Waals surface area (Å²) >= 11 is 0. The van der Waals surface area contributed by atoms with Gasteiger partial charge in [0.15, 0.2) is 0 Å². The van der Waals surface area contributed by atoms with E-state index in [4.69, 9.17) is 5.73 Å². The quantitative estimate of drug-likeness (QED) is 0.634. The maximum atomic E-state index is 11.9. The van der Waals surface area contributed by atoms with Gasteiger partial charge in [-0.25, -0.2) is 0 Å². The fourth-order valence-corrected chi connectivity index (χ4v) is 1.55. The molecule has 0 aliphatic carbocycles. The summed E-state index contributed by atoms with van der Waals surface area (Å²) in [5.41, 5.74) is 6.44. The lowest BCUT2D eigenvalue weighted by Crippen LogP contribution is -2.39. The highest BCUT2D eigenvalue weighted by molar-refractivity contribution is 5.85. The van der Waals surface area contributed by atoms with Crippen molar-refractivity contribution in [3.05, 3.63) is 35.4 Å². The molecule has 0 saturated heterocycles. The number of benzene rings is 1. The molecule has 10 heteroatoms. The normalized spacial score (nSPS) is 10.7. The van der Waals surface area contributed by atoms with Crippen LogP contribution in [0.5, 0.6) is 0 Å². The molecule has 2 amide bonds. The third kappa shape index (κ3) is 10.0. The molecule has 136 valence electrons. The summed E-state index contributed by atoms with van der Waals surface area (Å²) < 4.78 is 40.3. The molecule has 0 fully saturated rings. The van der Waals surface area contributed by atoms with Gasteiger partial charge >= 0.3 is 6.18 Å². The van der Waals surface area contributed by atoms with Crippen LogP contribution < -0.4 is 16.4 Å². The molecule has 0 aliphatic rings. The average molecular weight is 370 g/mol. The van der Waals surface area contributed by atoms with E-state index in [1.165, 1.54) is 0 Å². The molecule has 0 aromatic heterocycles. The predicted octanol–water partition coefficient (Wildman–Crippen LogP) is 0.878. The Morgan fingerprint density at radius 3 is 2.17 bits per heavy atom. The summed E-state index contributed by atoms with van der Waals surface area (Å²) in [5.74, 6) is -0.798. The molecule has 0 unspecified atom stereocenters. The van der Waals surface area contributed by atoms with E-state index in [0.29, 0.717) is 5.56 Å². The first kappa shape index (κ1) is 22.2. The van der Waals surface area contributed by atoms with Crippen LogP contribution in [0.3, 0.4) is 0 Å². The molecular formula is C14H19ClF3N3O3. The van der Waals surface area contributed by atoms with Gasteiger partial charge in [0.2, 0.25) is 11.8 Å². The Morgan fingerprint density at radius 1 is 1.04 bits per heavy atom. The van der Waals surface area contributed by atoms with Gasteiger partial charge in [-0.1, -0.05) is 24.3 Å². The minimum absolute atomic E-state index is 0. The van der Waals surface area contributed by atoms with Crippen LogP contribution >= 0.6 is 12.4 Å². The van der Waals surface area contributed by atoms with Gasteiger partial charge in [-0.3, -0.25) is 9.59 Å². The van der Waals surface area contributed by atoms with Crippen molar-refractivity contribution in [2.75, 3.05) is 19.7 Å². The molecular weight excluding hydrogens is 351 g/mol. The van der Waals surface area contributed by atoms with E-state index in [2.05, 4.69) is 15.4 Å². The Morgan fingerprint density at radius 2 is 1.62 bits per heavy atom. The lowest BCUT2D eigenvalue weighted by Gasteiger charge is -2.09. The first-order chi connectivity index (χ1) is 10.8. The zero-order valence-electron chi connectivity index (χ0n) is 12.7. The second-order valence-corrected chi connectivity index (χ2v) is 4.68. The van der Waals surface area contributed by atoms with E-state index in [9.17, 15) is 22.8 Å². The van der Waals surface area contributed by atoms with Gasteiger partial charge in [-0.05, 0) is 11.1 Å². The number of alkyl halides is 3. The van der Waals surface area contributed by atoms with Gasteiger partial charge in [-0.15, -0.1) is 12.4 Å². The fraction of sp³-hybridized carbons (Fsp3) is 0.429. The Balaban J connectivity index is 0.00000529. The number of nitrogens with one attached hydrogen (secondary N) is 2. The van der Waals surface area contributed by atoms with E-state index < -0.39 is 18.7 Å². The molecule has 1 aromatic rings. The van der Waals surface area contributed by atoms with Gasteiger partial charge in [0.25, 0.3) is 0 Å². The number of halogens is 4. The van der Waals surface area contributed by atoms with E-state index in [1.54, 1.807) is 24.3 Å². The molecule has 1 rings (SSSR count). The molecule has 1 aromatic carbocycles. The van der Waals surface area contributed by atoms with Crippen molar-refractivity contribution in [3.63, 3.8) is 0 Å². The van der Waals surface area contributed by atoms with Crippen molar-refractivity contribution in [1.82, 2.24) is 10.6 Å². The summed E-state index contributed by atoms with van der Waals surface area (Å²) in [6, 6.07) is 6.58. The highest BCUT2D eigenvalue weighted by atomic mass is 35.5. The third-order valence-corrected chi connectivity index (χ3v) is 2.68. The maximum Gasteiger partial charge on any atom is 0.411 e. The molecule has 0 saturated carbocycles. The van der Waals surface area contributed by atoms with E-state index in [-0.39, 0.29) is 44.6 Å². The van der Waals surface area contributed by atoms with Crippen molar-refractivity contribution in [1.29, 1.82) is 0 Å². The Kier molecular flexibility index (Phi) is 10.0. The molecule has 0 spiro atoms. The Bertz CT molecular complexity index is 524. The third-order valence-electron chi connectivity index (χ3n) is 2.68. The molecule has 0 bridgehead atoms. The SMILES string of the molecule is Cl.NCC(=O)NCC(=O)NCc1ccc(COCC(F)(F)F)cc1. The summed E-state index contributed by atoms with van der Waals surface area (Å²) in [5, 5.41) is 4.91. The van der Waals surface area contributed by atoms with Gasteiger partial charge in [0.1, 0.15) is 6.61 Å². The summed E-state index contributed by atoms with van der Waals surface area (Å²) in [4.78, 5) is 22.3. The first-order valence-corrected chi connectivity index (χ1v) is 6.76. The molecule has 0 aliphatic heterocycles. The zero-order chi connectivity index (χ0) is 17.3. The number of amides is 2. The Labute approximate surface area is 143 Å². The topological polar surface area (TPSA) is 93.5 Å². The van der Waals surface area contributed by atoms with Crippen LogP contribution in [-0.2, 0) is 27.5 Å². The summed E-state index contributed by atoms with van der Waals surface area (Å²) in [6.07, 6.45) is -4.34. The number of nitrogens with two attached hydrogens (primary N) is 1. The largest absolute Gasteiger partial charge is 0.411 e. The van der Waals surface area contributed by atoms with Crippen molar-refractivity contribution in [2.45, 2.75) is 19.3 Å². The van der Waals surface area contributed by atoms with Gasteiger partial charge in [-0.2, -0.15) is 13.2 Å². The van der Waals surface area contributed by atoms with Crippen LogP contribution in [0.15, 0.2) is 24.3 Å². The number of ether oxygens (including phenoxy) is 1. The van der Waals surface area contributed by atoms with E-state index in [0.717, 1.165) is 5.56 Å². The molecule has 0 radical (unpaired) electrons. The number of rotatable bonds is 8. The minimum atomic E-state index is -4.34. The molecule has 0 heterocycles. The van der Waals surface area contributed by atoms with Crippen LogP contribution in [0, 0.1) is 0 Å². The van der Waals surface area contributed by atoms with Gasteiger partial charge in [0.05, 0.1) is 19.7 Å². The van der Waals surface area contributed by atoms with Gasteiger partial charge < -0.3 is 21.1 Å². The van der Waals surface area contributed by atoms with Crippen molar-refractivity contribution in [3.8, 4) is 0 Å². The lowest BCUT2D eigenvalue weighted by molar-refractivity contribution is -0.176. The zero-order valence-corrected chi connectivity index (χ0v) is 13.5. The second-order valence-electron chi connectivity index (χ2n) is 4.68. The first-order valence-electron chi connectivity index (χ1n) is 6.76. The van der Waals surface area contributed by atoms with Crippen molar-refractivity contribution < 1.29 is 27.5 Å². The number of hydrogen-bond acceptors (Lipinski definition) is 4. The molecule has 0 atom stereocenters. The highest BCUT2D eigenvalue weighted by Crippen LogP contribution is 2.15. The van der Waals surface area contributed by atoms with Crippen LogP contribution in [0.25, 0.3) is 0 Å². The summed E-state index contributed by atoms with van der Waals surface area (Å²) in [6.45, 7) is -1.55. The van der Waals surface area contributed by atoms with Gasteiger partial charge in [0, 0.05) is 6.54 Å². The fourth-order valence-electron chi connectivity index (χ4n) is 1.55. The number of carbonyl (C=O) groups is 2. The highest BCUT2D eigenvalue weighted by Gasteiger charge is 2.27. The molecule has 24 heavy (non-hydrogen) atoms. The Hall–Kier alpha value is -1.84. The lowest BCUT2D eigenvalue weighted by atomic mass is 10.1. The monoisotopic (exact) mass is 369 g/mol.